The van der Waals surface area contributed by atoms with Crippen LogP contribution in [-0.2, 0) is 4.79 Å². The van der Waals surface area contributed by atoms with Crippen LogP contribution in [0.15, 0.2) is 12.3 Å². The zero-order chi connectivity index (χ0) is 12.7. The Morgan fingerprint density at radius 1 is 1.65 bits per heavy atom. The molecule has 90 valence electrons. The summed E-state index contributed by atoms with van der Waals surface area (Å²) in [5.41, 5.74) is 6.25. The standard InChI is InChI=1S/C11H15N5O/c1-2-3-14-10(17)7-16-11-8(5-12)4-9(13)6-15-11/h4,6H,2-3,7,13H2,1H3,(H,14,17)(H,15,16). The second-order valence-electron chi connectivity index (χ2n) is 3.48. The van der Waals surface area contributed by atoms with Crippen LogP contribution in [0.3, 0.4) is 0 Å². The van der Waals surface area contributed by atoms with E-state index in [0.717, 1.165) is 6.42 Å². The average Bonchev–Trinajstić information content (AvgIpc) is 2.34. The zero-order valence-electron chi connectivity index (χ0n) is 9.66. The van der Waals surface area contributed by atoms with Gasteiger partial charge in [-0.2, -0.15) is 5.26 Å². The van der Waals surface area contributed by atoms with Gasteiger partial charge in [-0.15, -0.1) is 0 Å². The van der Waals surface area contributed by atoms with Crippen LogP contribution in [0.4, 0.5) is 11.5 Å². The fraction of sp³-hybridized carbons (Fsp3) is 0.364. The molecular weight excluding hydrogens is 218 g/mol. The molecule has 17 heavy (non-hydrogen) atoms. The summed E-state index contributed by atoms with van der Waals surface area (Å²) < 4.78 is 0. The van der Waals surface area contributed by atoms with E-state index in [1.807, 2.05) is 13.0 Å². The number of amides is 1. The van der Waals surface area contributed by atoms with Crippen LogP contribution in [0, 0.1) is 11.3 Å². The highest BCUT2D eigenvalue weighted by Gasteiger charge is 2.06. The predicted molar refractivity (Wildman–Crippen MR) is 65.2 cm³/mol. The maximum atomic E-state index is 11.3. The summed E-state index contributed by atoms with van der Waals surface area (Å²) in [5.74, 6) is 0.239. The van der Waals surface area contributed by atoms with Crippen molar-refractivity contribution in [3.8, 4) is 6.07 Å². The molecule has 1 rings (SSSR count). The summed E-state index contributed by atoms with van der Waals surface area (Å²) in [6.45, 7) is 2.70. The Balaban J connectivity index is 2.58. The fourth-order valence-corrected chi connectivity index (χ4v) is 1.20. The van der Waals surface area contributed by atoms with E-state index < -0.39 is 0 Å². The maximum absolute atomic E-state index is 11.3. The molecule has 0 atom stereocenters. The molecule has 6 nitrogen and oxygen atoms in total. The molecular formula is C11H15N5O. The van der Waals surface area contributed by atoms with Gasteiger partial charge in [0.2, 0.25) is 5.91 Å². The van der Waals surface area contributed by atoms with Crippen molar-refractivity contribution in [3.05, 3.63) is 17.8 Å². The molecule has 0 unspecified atom stereocenters. The Bertz CT molecular complexity index is 438. The normalized spacial score (nSPS) is 9.41. The minimum absolute atomic E-state index is 0.0889. The van der Waals surface area contributed by atoms with E-state index in [1.54, 1.807) is 0 Å². The molecule has 6 heteroatoms. The summed E-state index contributed by atoms with van der Waals surface area (Å²) >= 11 is 0. The first-order valence-corrected chi connectivity index (χ1v) is 5.33. The largest absolute Gasteiger partial charge is 0.397 e. The number of nitrogen functional groups attached to an aromatic ring is 1. The van der Waals surface area contributed by atoms with Crippen LogP contribution in [0.25, 0.3) is 0 Å². The number of nitrogens with two attached hydrogens (primary N) is 1. The number of carbonyl (C=O) groups excluding carboxylic acids is 1. The fourth-order valence-electron chi connectivity index (χ4n) is 1.20. The van der Waals surface area contributed by atoms with Gasteiger partial charge in [0, 0.05) is 6.54 Å². The molecule has 1 aromatic rings. The summed E-state index contributed by atoms with van der Waals surface area (Å²) in [5, 5.41) is 14.4. The van der Waals surface area contributed by atoms with E-state index in [4.69, 9.17) is 11.0 Å². The highest BCUT2D eigenvalue weighted by molar-refractivity contribution is 5.80. The molecule has 0 saturated heterocycles. The first kappa shape index (κ1) is 12.8. The van der Waals surface area contributed by atoms with Gasteiger partial charge in [0.15, 0.2) is 0 Å². The number of anilines is 2. The molecule has 0 fully saturated rings. The molecule has 0 spiro atoms. The number of nitrogens with one attached hydrogen (secondary N) is 2. The first-order chi connectivity index (χ1) is 8.17. The molecule has 0 aliphatic heterocycles. The van der Waals surface area contributed by atoms with Crippen LogP contribution in [0.1, 0.15) is 18.9 Å². The van der Waals surface area contributed by atoms with Gasteiger partial charge >= 0.3 is 0 Å². The third kappa shape index (κ3) is 3.99. The molecule has 1 heterocycles. The van der Waals surface area contributed by atoms with Crippen LogP contribution in [0.2, 0.25) is 0 Å². The summed E-state index contributed by atoms with van der Waals surface area (Å²) in [6.07, 6.45) is 2.32. The van der Waals surface area contributed by atoms with Gasteiger partial charge in [0.05, 0.1) is 24.0 Å². The van der Waals surface area contributed by atoms with E-state index >= 15 is 0 Å². The SMILES string of the molecule is CCCNC(=O)CNc1ncc(N)cc1C#N. The predicted octanol–water partition coefficient (Wildman–Crippen LogP) is 0.474. The molecule has 1 aromatic heterocycles. The van der Waals surface area contributed by atoms with Crippen molar-refractivity contribution in [1.82, 2.24) is 10.3 Å². The van der Waals surface area contributed by atoms with Crippen molar-refractivity contribution in [1.29, 1.82) is 5.26 Å². The molecule has 0 aliphatic rings. The van der Waals surface area contributed by atoms with Crippen LogP contribution < -0.4 is 16.4 Å². The Morgan fingerprint density at radius 2 is 2.41 bits per heavy atom. The van der Waals surface area contributed by atoms with Crippen molar-refractivity contribution in [2.45, 2.75) is 13.3 Å². The number of rotatable bonds is 5. The highest BCUT2D eigenvalue weighted by atomic mass is 16.1. The quantitative estimate of drug-likeness (QED) is 0.686. The molecule has 0 aliphatic carbocycles. The third-order valence-corrected chi connectivity index (χ3v) is 2.02. The number of aromatic nitrogens is 1. The Morgan fingerprint density at radius 3 is 3.06 bits per heavy atom. The lowest BCUT2D eigenvalue weighted by atomic mass is 10.2. The third-order valence-electron chi connectivity index (χ3n) is 2.02. The van der Waals surface area contributed by atoms with Gasteiger partial charge in [0.25, 0.3) is 0 Å². The van der Waals surface area contributed by atoms with E-state index in [0.29, 0.717) is 23.6 Å². The summed E-state index contributed by atoms with van der Waals surface area (Å²) in [7, 11) is 0. The van der Waals surface area contributed by atoms with E-state index in [9.17, 15) is 4.79 Å². The van der Waals surface area contributed by atoms with Gasteiger partial charge in [-0.25, -0.2) is 4.98 Å². The van der Waals surface area contributed by atoms with Crippen molar-refractivity contribution in [2.75, 3.05) is 24.1 Å². The lowest BCUT2D eigenvalue weighted by Gasteiger charge is -2.07. The van der Waals surface area contributed by atoms with Gasteiger partial charge in [-0.3, -0.25) is 4.79 Å². The highest BCUT2D eigenvalue weighted by Crippen LogP contribution is 2.13. The van der Waals surface area contributed by atoms with Crippen molar-refractivity contribution < 1.29 is 4.79 Å². The second kappa shape index (κ2) is 6.33. The Hall–Kier alpha value is -2.29. The van der Waals surface area contributed by atoms with Crippen molar-refractivity contribution in [3.63, 3.8) is 0 Å². The van der Waals surface area contributed by atoms with Crippen molar-refractivity contribution in [2.24, 2.45) is 0 Å². The van der Waals surface area contributed by atoms with Gasteiger partial charge in [-0.05, 0) is 12.5 Å². The zero-order valence-corrected chi connectivity index (χ0v) is 9.66. The number of nitriles is 1. The van der Waals surface area contributed by atoms with Crippen molar-refractivity contribution >= 4 is 17.4 Å². The molecule has 4 N–H and O–H groups in total. The number of hydrogen-bond donors (Lipinski definition) is 3. The Labute approximate surface area is 99.8 Å². The number of pyridine rings is 1. The van der Waals surface area contributed by atoms with E-state index in [1.165, 1.54) is 12.3 Å². The molecule has 1 amide bonds. The summed E-state index contributed by atoms with van der Waals surface area (Å²) in [4.78, 5) is 15.3. The summed E-state index contributed by atoms with van der Waals surface area (Å²) in [6, 6.07) is 3.48. The van der Waals surface area contributed by atoms with Gasteiger partial charge < -0.3 is 16.4 Å². The smallest absolute Gasteiger partial charge is 0.239 e. The van der Waals surface area contributed by atoms with Gasteiger partial charge in [0.1, 0.15) is 11.9 Å². The Kier molecular flexibility index (Phi) is 4.76. The van der Waals surface area contributed by atoms with E-state index in [-0.39, 0.29) is 12.5 Å². The van der Waals surface area contributed by atoms with E-state index in [2.05, 4.69) is 15.6 Å². The first-order valence-electron chi connectivity index (χ1n) is 5.33. The average molecular weight is 233 g/mol. The molecule has 0 saturated carbocycles. The topological polar surface area (TPSA) is 104 Å². The molecule has 0 radical (unpaired) electrons. The minimum atomic E-state index is -0.130. The van der Waals surface area contributed by atoms with Crippen LogP contribution in [-0.4, -0.2) is 24.0 Å². The minimum Gasteiger partial charge on any atom is -0.397 e. The molecule has 0 bridgehead atoms. The second-order valence-corrected chi connectivity index (χ2v) is 3.48. The maximum Gasteiger partial charge on any atom is 0.239 e. The van der Waals surface area contributed by atoms with Crippen LogP contribution >= 0.6 is 0 Å². The van der Waals surface area contributed by atoms with Crippen LogP contribution in [0.5, 0.6) is 0 Å². The lowest BCUT2D eigenvalue weighted by Crippen LogP contribution is -2.30. The molecule has 0 aromatic carbocycles. The number of nitrogens with zero attached hydrogens (tertiary/aromatic N) is 2. The number of carbonyl (C=O) groups is 1. The monoisotopic (exact) mass is 233 g/mol. The van der Waals surface area contributed by atoms with Gasteiger partial charge in [-0.1, -0.05) is 6.92 Å². The lowest BCUT2D eigenvalue weighted by molar-refractivity contribution is -0.119. The number of hydrogen-bond acceptors (Lipinski definition) is 5.